The number of amides is 1. The first-order valence-electron chi connectivity index (χ1n) is 13.1. The zero-order chi connectivity index (χ0) is 27.3. The number of likely N-dealkylation sites (tertiary alicyclic amines) is 1. The van der Waals surface area contributed by atoms with Gasteiger partial charge in [-0.3, -0.25) is 14.6 Å². The van der Waals surface area contributed by atoms with Crippen LogP contribution >= 0.6 is 0 Å². The highest BCUT2D eigenvalue weighted by molar-refractivity contribution is 6.11. The Bertz CT molecular complexity index is 1600. The molecular formula is C30H29N4O4Si. The average molecular weight is 538 g/mol. The number of pyridine rings is 1. The molecule has 0 spiro atoms. The largest absolute Gasteiger partial charge is 0.493 e. The lowest BCUT2D eigenvalue weighted by atomic mass is 9.95. The van der Waals surface area contributed by atoms with E-state index in [1.807, 2.05) is 49.4 Å². The van der Waals surface area contributed by atoms with Crippen molar-refractivity contribution in [3.8, 4) is 17.1 Å². The Morgan fingerprint density at radius 1 is 1.21 bits per heavy atom. The summed E-state index contributed by atoms with van der Waals surface area (Å²) >= 11 is 0. The summed E-state index contributed by atoms with van der Waals surface area (Å²) in [5.74, 6) is 0.813. The molecule has 1 aliphatic heterocycles. The number of ether oxygens (including phenoxy) is 1. The Balaban J connectivity index is 1.31. The van der Waals surface area contributed by atoms with Crippen molar-refractivity contribution < 1.29 is 18.7 Å². The van der Waals surface area contributed by atoms with E-state index < -0.39 is 5.54 Å². The standard InChI is InChI=1S/C30H29N4O4Si/c1-17-6-7-20(37-29(39)25-8-12-34(25)3)15-22(17)27(36)33-30(9-10-30)23-13-19(14-24-21(23)5-4-11-31-24)26-16-32-28(38-26)18(2)35/h4-7,11,13-16,25,29H,8-10,12H2,1-3H3,(H,33,36)/t25-,29-/m0/s1. The van der Waals surface area contributed by atoms with Crippen LogP contribution in [0.4, 0.5) is 0 Å². The van der Waals surface area contributed by atoms with Crippen LogP contribution in [0.2, 0.25) is 0 Å². The molecule has 39 heavy (non-hydrogen) atoms. The summed E-state index contributed by atoms with van der Waals surface area (Å²) in [5, 5.41) is 4.29. The first kappa shape index (κ1) is 25.5. The molecule has 2 aliphatic rings. The normalized spacial score (nSPS) is 18.8. The molecule has 8 nitrogen and oxygen atoms in total. The van der Waals surface area contributed by atoms with Gasteiger partial charge in [0.1, 0.15) is 5.75 Å². The van der Waals surface area contributed by atoms with Crippen LogP contribution in [0.15, 0.2) is 59.3 Å². The molecule has 2 fully saturated rings. The number of carbonyl (C=O) groups is 2. The summed E-state index contributed by atoms with van der Waals surface area (Å²) in [6.07, 6.45) is 5.96. The number of nitrogens with zero attached hydrogens (tertiary/aromatic N) is 3. The third-order valence-corrected chi connectivity index (χ3v) is 8.34. The highest BCUT2D eigenvalue weighted by atomic mass is 28.1. The molecule has 1 aliphatic carbocycles. The van der Waals surface area contributed by atoms with Crippen LogP contribution in [0, 0.1) is 6.92 Å². The lowest BCUT2D eigenvalue weighted by Gasteiger charge is -2.41. The van der Waals surface area contributed by atoms with Gasteiger partial charge >= 0.3 is 0 Å². The summed E-state index contributed by atoms with van der Waals surface area (Å²) in [6.45, 7) is 4.40. The van der Waals surface area contributed by atoms with Crippen LogP contribution in [0.25, 0.3) is 22.2 Å². The Kier molecular flexibility index (Phi) is 6.35. The fourth-order valence-corrected chi connectivity index (χ4v) is 5.78. The van der Waals surface area contributed by atoms with Gasteiger partial charge in [0.25, 0.3) is 11.8 Å². The molecule has 3 radical (unpaired) electrons. The van der Waals surface area contributed by atoms with E-state index in [0.29, 0.717) is 23.1 Å². The van der Waals surface area contributed by atoms with E-state index >= 15 is 0 Å². The number of oxazole rings is 1. The van der Waals surface area contributed by atoms with Crippen molar-refractivity contribution in [2.45, 2.75) is 50.4 Å². The number of carbonyl (C=O) groups excluding carboxylic acids is 2. The van der Waals surface area contributed by atoms with E-state index in [0.717, 1.165) is 53.4 Å². The average Bonchev–Trinajstić information content (AvgIpc) is 3.50. The van der Waals surface area contributed by atoms with E-state index in [-0.39, 0.29) is 23.3 Å². The number of rotatable bonds is 8. The molecule has 0 bridgehead atoms. The van der Waals surface area contributed by atoms with Gasteiger partial charge in [-0.1, -0.05) is 12.1 Å². The van der Waals surface area contributed by atoms with Gasteiger partial charge in [0.2, 0.25) is 5.78 Å². The molecule has 9 heteroatoms. The Hall–Kier alpha value is -3.82. The number of ketones is 1. The minimum atomic E-state index is -0.534. The van der Waals surface area contributed by atoms with Gasteiger partial charge in [-0.2, -0.15) is 0 Å². The van der Waals surface area contributed by atoms with Crippen LogP contribution in [0.1, 0.15) is 58.4 Å². The zero-order valence-electron chi connectivity index (χ0n) is 22.2. The van der Waals surface area contributed by atoms with Gasteiger partial charge in [0, 0.05) is 35.7 Å². The second-order valence-corrected chi connectivity index (χ2v) is 11.1. The van der Waals surface area contributed by atoms with Crippen molar-refractivity contribution in [3.63, 3.8) is 0 Å². The number of aromatic nitrogens is 2. The first-order valence-corrected chi connectivity index (χ1v) is 13.7. The van der Waals surface area contributed by atoms with E-state index in [1.165, 1.54) is 6.92 Å². The summed E-state index contributed by atoms with van der Waals surface area (Å²) in [5.41, 5.74) is 3.27. The Morgan fingerprint density at radius 3 is 2.69 bits per heavy atom. The van der Waals surface area contributed by atoms with Crippen molar-refractivity contribution >= 4 is 32.8 Å². The third-order valence-electron chi connectivity index (χ3n) is 7.84. The number of fused-ring (bicyclic) bond motifs is 1. The maximum absolute atomic E-state index is 13.7. The fourth-order valence-electron chi connectivity index (χ4n) is 5.23. The molecule has 0 unspecified atom stereocenters. The highest BCUT2D eigenvalue weighted by Crippen LogP contribution is 2.49. The zero-order valence-corrected chi connectivity index (χ0v) is 23.2. The summed E-state index contributed by atoms with van der Waals surface area (Å²) < 4.78 is 11.9. The monoisotopic (exact) mass is 537 g/mol. The predicted octanol–water partition coefficient (Wildman–Crippen LogP) is 4.40. The summed E-state index contributed by atoms with van der Waals surface area (Å²) in [6, 6.07) is 13.8. The van der Waals surface area contributed by atoms with Gasteiger partial charge in [-0.05, 0) is 81.2 Å². The molecule has 1 saturated heterocycles. The lowest BCUT2D eigenvalue weighted by molar-refractivity contribution is 0.0562. The molecule has 2 aromatic carbocycles. The number of hydrogen-bond donors (Lipinski definition) is 1. The number of nitrogens with one attached hydrogen (secondary N) is 1. The van der Waals surface area contributed by atoms with Crippen molar-refractivity contribution in [1.29, 1.82) is 0 Å². The number of hydrogen-bond acceptors (Lipinski definition) is 7. The van der Waals surface area contributed by atoms with Gasteiger partial charge in [-0.25, -0.2) is 4.98 Å². The SMILES string of the molecule is CC(=O)c1ncc(-c2cc(C3(NC(=O)c4cc(O[C@@H]([Si])[C@@H]5CCN5C)ccc4C)CC3)c3cccnc3c2)o1. The molecular weight excluding hydrogens is 508 g/mol. The van der Waals surface area contributed by atoms with Crippen LogP contribution < -0.4 is 10.1 Å². The van der Waals surface area contributed by atoms with E-state index in [2.05, 4.69) is 37.5 Å². The van der Waals surface area contributed by atoms with Crippen LogP contribution in [0.3, 0.4) is 0 Å². The van der Waals surface area contributed by atoms with E-state index in [4.69, 9.17) is 9.15 Å². The highest BCUT2D eigenvalue weighted by Gasteiger charge is 2.47. The first-order chi connectivity index (χ1) is 18.7. The van der Waals surface area contributed by atoms with Crippen LogP contribution in [-0.2, 0) is 5.54 Å². The molecule has 3 heterocycles. The summed E-state index contributed by atoms with van der Waals surface area (Å²) in [4.78, 5) is 36.3. The quantitative estimate of drug-likeness (QED) is 0.263. The Labute approximate surface area is 230 Å². The molecule has 4 aromatic rings. The van der Waals surface area contributed by atoms with Gasteiger partial charge in [0.05, 0.1) is 33.2 Å². The molecule has 6 rings (SSSR count). The van der Waals surface area contributed by atoms with E-state index in [1.54, 1.807) is 12.4 Å². The molecule has 2 atom stereocenters. The smallest absolute Gasteiger partial charge is 0.263 e. The fraction of sp³-hybridized carbons (Fsp3) is 0.333. The second kappa shape index (κ2) is 9.73. The van der Waals surface area contributed by atoms with E-state index in [9.17, 15) is 9.59 Å². The number of likely N-dealkylation sites (N-methyl/N-ethyl adjacent to an activating group) is 1. The predicted molar refractivity (Wildman–Crippen MR) is 148 cm³/mol. The maximum Gasteiger partial charge on any atom is 0.263 e. The van der Waals surface area contributed by atoms with Crippen molar-refractivity contribution in [2.75, 3.05) is 13.6 Å². The van der Waals surface area contributed by atoms with Crippen LogP contribution in [0.5, 0.6) is 5.75 Å². The molecule has 1 N–H and O–H groups in total. The molecule has 197 valence electrons. The minimum absolute atomic E-state index is 0.0641. The lowest BCUT2D eigenvalue weighted by Crippen LogP contribution is -2.53. The number of aryl methyl sites for hydroxylation is 1. The van der Waals surface area contributed by atoms with Crippen LogP contribution in [-0.4, -0.2) is 62.2 Å². The van der Waals surface area contributed by atoms with Gasteiger partial charge < -0.3 is 19.4 Å². The molecule has 2 aromatic heterocycles. The van der Waals surface area contributed by atoms with Gasteiger partial charge in [-0.15, -0.1) is 0 Å². The maximum atomic E-state index is 13.7. The number of benzene rings is 2. The third kappa shape index (κ3) is 4.76. The molecule has 1 saturated carbocycles. The minimum Gasteiger partial charge on any atom is -0.493 e. The number of Topliss-reactive ketones (excluding diaryl/α,β-unsaturated/α-hetero) is 1. The Morgan fingerprint density at radius 2 is 2.03 bits per heavy atom. The second-order valence-electron chi connectivity index (χ2n) is 10.6. The van der Waals surface area contributed by atoms with Crippen molar-refractivity contribution in [3.05, 3.63) is 77.4 Å². The summed E-state index contributed by atoms with van der Waals surface area (Å²) in [7, 11) is 5.79. The van der Waals surface area contributed by atoms with Crippen molar-refractivity contribution in [1.82, 2.24) is 20.2 Å². The topological polar surface area (TPSA) is 97.6 Å². The van der Waals surface area contributed by atoms with Gasteiger partial charge in [0.15, 0.2) is 5.76 Å². The molecule has 1 amide bonds. The van der Waals surface area contributed by atoms with Crippen molar-refractivity contribution in [2.24, 2.45) is 0 Å².